The monoisotopic (exact) mass is 508 g/mol. The molecule has 0 bridgehead atoms. The summed E-state index contributed by atoms with van der Waals surface area (Å²) >= 11 is 0. The Hall–Kier alpha value is -4.68. The zero-order chi connectivity index (χ0) is 25.8. The van der Waals surface area contributed by atoms with Gasteiger partial charge in [0.1, 0.15) is 23.5 Å². The summed E-state index contributed by atoms with van der Waals surface area (Å²) in [5, 5.41) is 20.0. The van der Waals surface area contributed by atoms with Gasteiger partial charge in [0.25, 0.3) is 5.91 Å². The van der Waals surface area contributed by atoms with E-state index >= 15 is 4.39 Å². The molecule has 12 nitrogen and oxygen atoms in total. The van der Waals surface area contributed by atoms with E-state index in [0.29, 0.717) is 61.2 Å². The number of aromatic nitrogens is 4. The van der Waals surface area contributed by atoms with Crippen molar-refractivity contribution in [3.05, 3.63) is 65.6 Å². The second-order valence-corrected chi connectivity index (χ2v) is 8.57. The average Bonchev–Trinajstić information content (AvgIpc) is 3.68. The minimum atomic E-state index is -0.413. The van der Waals surface area contributed by atoms with E-state index in [9.17, 15) is 9.59 Å². The van der Waals surface area contributed by atoms with Crippen LogP contribution in [0, 0.1) is 12.7 Å². The second kappa shape index (κ2) is 10.5. The molecule has 4 heterocycles. The van der Waals surface area contributed by atoms with Crippen molar-refractivity contribution >= 4 is 23.3 Å². The molecule has 192 valence electrons. The molecule has 0 aliphatic carbocycles. The van der Waals surface area contributed by atoms with Gasteiger partial charge in [-0.1, -0.05) is 16.4 Å². The largest absolute Gasteiger partial charge is 0.366 e. The standard InChI is InChI=1S/C24H25FN8O4/c1-15-10-20(29-28-15)24(35)27-14-23(34)33-7-5-32(6-8-33)21-3-2-16(11-18(21)25)19-12-17(37-30-19)13-26-22-4-9-36-31-22/h2-4,9-12H,5-8,13-14H2,1H3,(H,26,31)(H,27,35)(H,28,29). The molecule has 37 heavy (non-hydrogen) atoms. The second-order valence-electron chi connectivity index (χ2n) is 8.57. The van der Waals surface area contributed by atoms with Gasteiger partial charge in [0.05, 0.1) is 18.8 Å². The van der Waals surface area contributed by atoms with Crippen molar-refractivity contribution in [3.63, 3.8) is 0 Å². The Balaban J connectivity index is 1.13. The van der Waals surface area contributed by atoms with Gasteiger partial charge in [0.2, 0.25) is 5.91 Å². The predicted molar refractivity (Wildman–Crippen MR) is 130 cm³/mol. The van der Waals surface area contributed by atoms with Crippen molar-refractivity contribution in [2.75, 3.05) is 42.9 Å². The van der Waals surface area contributed by atoms with Crippen LogP contribution in [0.1, 0.15) is 21.9 Å². The van der Waals surface area contributed by atoms with Crippen molar-refractivity contribution < 1.29 is 23.0 Å². The van der Waals surface area contributed by atoms with Gasteiger partial charge in [0, 0.05) is 49.6 Å². The molecule has 4 aromatic rings. The van der Waals surface area contributed by atoms with Crippen molar-refractivity contribution in [1.29, 1.82) is 0 Å². The van der Waals surface area contributed by atoms with Crippen LogP contribution in [-0.2, 0) is 11.3 Å². The van der Waals surface area contributed by atoms with Crippen LogP contribution in [0.15, 0.2) is 51.7 Å². The van der Waals surface area contributed by atoms with Crippen LogP contribution < -0.4 is 15.5 Å². The van der Waals surface area contributed by atoms with E-state index in [1.807, 2.05) is 4.90 Å². The number of aryl methyl sites for hydroxylation is 1. The van der Waals surface area contributed by atoms with Gasteiger partial charge in [-0.2, -0.15) is 5.10 Å². The fraction of sp³-hybridized carbons (Fsp3) is 0.292. The molecule has 3 aromatic heterocycles. The number of hydrogen-bond acceptors (Lipinski definition) is 9. The first-order valence-corrected chi connectivity index (χ1v) is 11.7. The number of nitrogens with one attached hydrogen (secondary N) is 3. The molecule has 0 spiro atoms. The lowest BCUT2D eigenvalue weighted by atomic mass is 10.1. The van der Waals surface area contributed by atoms with Crippen LogP contribution in [0.5, 0.6) is 0 Å². The number of benzene rings is 1. The Kier molecular flexibility index (Phi) is 6.83. The molecule has 5 rings (SSSR count). The van der Waals surface area contributed by atoms with Crippen LogP contribution in [0.3, 0.4) is 0 Å². The summed E-state index contributed by atoms with van der Waals surface area (Å²) in [6.45, 7) is 3.80. The Labute approximate surface area is 210 Å². The molecule has 3 N–H and O–H groups in total. The number of aromatic amines is 1. The smallest absolute Gasteiger partial charge is 0.272 e. The van der Waals surface area contributed by atoms with Gasteiger partial charge >= 0.3 is 0 Å². The third-order valence-electron chi connectivity index (χ3n) is 6.00. The average molecular weight is 509 g/mol. The molecule has 1 saturated heterocycles. The first kappa shape index (κ1) is 24.0. The van der Waals surface area contributed by atoms with Crippen LogP contribution in [0.4, 0.5) is 15.9 Å². The number of carbonyl (C=O) groups excluding carboxylic acids is 2. The first-order valence-electron chi connectivity index (χ1n) is 11.7. The molecular weight excluding hydrogens is 483 g/mol. The number of nitrogens with zero attached hydrogens (tertiary/aromatic N) is 5. The fourth-order valence-corrected chi connectivity index (χ4v) is 4.03. The molecule has 0 saturated carbocycles. The summed E-state index contributed by atoms with van der Waals surface area (Å²) in [7, 11) is 0. The third-order valence-corrected chi connectivity index (χ3v) is 6.00. The molecule has 2 amide bonds. The topological polar surface area (TPSA) is 145 Å². The highest BCUT2D eigenvalue weighted by molar-refractivity contribution is 5.95. The van der Waals surface area contributed by atoms with Gasteiger partial charge in [0.15, 0.2) is 11.6 Å². The Morgan fingerprint density at radius 3 is 2.65 bits per heavy atom. The van der Waals surface area contributed by atoms with Crippen molar-refractivity contribution in [2.24, 2.45) is 0 Å². The highest BCUT2D eigenvalue weighted by Crippen LogP contribution is 2.27. The molecule has 0 radical (unpaired) electrons. The zero-order valence-electron chi connectivity index (χ0n) is 20.0. The number of amides is 2. The maximum absolute atomic E-state index is 15.0. The molecule has 0 atom stereocenters. The Bertz CT molecular complexity index is 1380. The summed E-state index contributed by atoms with van der Waals surface area (Å²) < 4.78 is 25.1. The number of anilines is 2. The summed E-state index contributed by atoms with van der Waals surface area (Å²) in [5.41, 5.74) is 2.56. The van der Waals surface area contributed by atoms with Gasteiger partial charge in [-0.25, -0.2) is 4.39 Å². The number of H-pyrrole nitrogens is 1. The SMILES string of the molecule is Cc1cc(C(=O)NCC(=O)N2CCN(c3ccc(-c4cc(CNc5ccon5)on4)cc3F)CC2)n[nH]1. The lowest BCUT2D eigenvalue weighted by Crippen LogP contribution is -2.51. The fourth-order valence-electron chi connectivity index (χ4n) is 4.03. The molecule has 1 aliphatic rings. The number of rotatable bonds is 8. The minimum absolute atomic E-state index is 0.123. The molecular formula is C24H25FN8O4. The molecule has 1 aliphatic heterocycles. The zero-order valence-corrected chi connectivity index (χ0v) is 20.0. The number of piperazine rings is 1. The van der Waals surface area contributed by atoms with E-state index < -0.39 is 5.91 Å². The molecule has 13 heteroatoms. The summed E-state index contributed by atoms with van der Waals surface area (Å²) in [5.74, 6) is 0.145. The van der Waals surface area contributed by atoms with E-state index in [1.54, 1.807) is 42.2 Å². The minimum Gasteiger partial charge on any atom is -0.366 e. The van der Waals surface area contributed by atoms with E-state index in [4.69, 9.17) is 9.05 Å². The summed E-state index contributed by atoms with van der Waals surface area (Å²) in [6, 6.07) is 9.94. The summed E-state index contributed by atoms with van der Waals surface area (Å²) in [6.07, 6.45) is 1.46. The van der Waals surface area contributed by atoms with Gasteiger partial charge in [-0.3, -0.25) is 14.7 Å². The normalized spacial score (nSPS) is 13.6. The summed E-state index contributed by atoms with van der Waals surface area (Å²) in [4.78, 5) is 28.2. The van der Waals surface area contributed by atoms with Crippen LogP contribution >= 0.6 is 0 Å². The van der Waals surface area contributed by atoms with E-state index in [-0.39, 0.29) is 24.0 Å². The van der Waals surface area contributed by atoms with Crippen molar-refractivity contribution in [3.8, 4) is 11.3 Å². The van der Waals surface area contributed by atoms with Crippen LogP contribution in [-0.4, -0.2) is 69.9 Å². The predicted octanol–water partition coefficient (Wildman–Crippen LogP) is 2.19. The third kappa shape index (κ3) is 5.60. The maximum atomic E-state index is 15.0. The number of carbonyl (C=O) groups is 2. The van der Waals surface area contributed by atoms with Gasteiger partial charge in [-0.15, -0.1) is 0 Å². The Morgan fingerprint density at radius 1 is 1.11 bits per heavy atom. The highest BCUT2D eigenvalue weighted by atomic mass is 19.1. The Morgan fingerprint density at radius 2 is 1.95 bits per heavy atom. The van der Waals surface area contributed by atoms with E-state index in [1.165, 1.54) is 12.3 Å². The van der Waals surface area contributed by atoms with Gasteiger partial charge in [-0.05, 0) is 25.1 Å². The van der Waals surface area contributed by atoms with Crippen LogP contribution in [0.25, 0.3) is 11.3 Å². The van der Waals surface area contributed by atoms with Crippen LogP contribution in [0.2, 0.25) is 0 Å². The quantitative estimate of drug-likeness (QED) is 0.326. The number of halogens is 1. The highest BCUT2D eigenvalue weighted by Gasteiger charge is 2.24. The molecule has 1 aromatic carbocycles. The van der Waals surface area contributed by atoms with E-state index in [0.717, 1.165) is 5.69 Å². The first-order chi connectivity index (χ1) is 18.0. The maximum Gasteiger partial charge on any atom is 0.272 e. The van der Waals surface area contributed by atoms with Crippen molar-refractivity contribution in [1.82, 2.24) is 30.7 Å². The molecule has 0 unspecified atom stereocenters. The van der Waals surface area contributed by atoms with E-state index in [2.05, 4.69) is 31.1 Å². The lowest BCUT2D eigenvalue weighted by Gasteiger charge is -2.36. The van der Waals surface area contributed by atoms with Crippen molar-refractivity contribution in [2.45, 2.75) is 13.5 Å². The number of hydrogen-bond donors (Lipinski definition) is 3. The van der Waals surface area contributed by atoms with Gasteiger partial charge < -0.3 is 29.5 Å². The molecule has 1 fully saturated rings. The lowest BCUT2D eigenvalue weighted by molar-refractivity contribution is -0.130.